The first kappa shape index (κ1) is 26.3. The van der Waals surface area contributed by atoms with Gasteiger partial charge in [-0.3, -0.25) is 4.90 Å². The van der Waals surface area contributed by atoms with Crippen LogP contribution in [0.25, 0.3) is 0 Å². The minimum absolute atomic E-state index is 0.137. The molecule has 0 bridgehead atoms. The van der Waals surface area contributed by atoms with Crippen molar-refractivity contribution in [2.45, 2.75) is 18.4 Å². The highest BCUT2D eigenvalue weighted by Crippen LogP contribution is 2.30. The molecule has 2 heterocycles. The Morgan fingerprint density at radius 2 is 1.72 bits per heavy atom. The zero-order valence-electron chi connectivity index (χ0n) is 21.0. The number of aryl methyl sites for hydroxylation is 1. The third-order valence-corrected chi connectivity index (χ3v) is 8.25. The summed E-state index contributed by atoms with van der Waals surface area (Å²) in [6.07, 6.45) is 1.48. The first-order valence-corrected chi connectivity index (χ1v) is 13.5. The van der Waals surface area contributed by atoms with E-state index >= 15 is 0 Å². The van der Waals surface area contributed by atoms with Crippen LogP contribution in [0, 0.1) is 6.92 Å². The molecule has 1 aliphatic rings. The maximum Gasteiger partial charge on any atom is 0.244 e. The summed E-state index contributed by atoms with van der Waals surface area (Å²) in [5.74, 6) is 0.653. The quantitative estimate of drug-likeness (QED) is 0.453. The lowest BCUT2D eigenvalue weighted by molar-refractivity contribution is 0.148. The van der Waals surface area contributed by atoms with Crippen LogP contribution in [0.15, 0.2) is 53.6 Å². The number of rotatable bonds is 8. The summed E-state index contributed by atoms with van der Waals surface area (Å²) in [5.41, 5.74) is 3.38. The van der Waals surface area contributed by atoms with E-state index in [1.165, 1.54) is 30.2 Å². The van der Waals surface area contributed by atoms with E-state index in [-0.39, 0.29) is 9.92 Å². The van der Waals surface area contributed by atoms with Crippen molar-refractivity contribution in [3.63, 3.8) is 0 Å². The van der Waals surface area contributed by atoms with Crippen LogP contribution in [-0.4, -0.2) is 79.8 Å². The molecule has 11 heteroatoms. The molecule has 0 spiro atoms. The normalized spacial score (nSPS) is 15.3. The van der Waals surface area contributed by atoms with Crippen LogP contribution in [0.5, 0.6) is 0 Å². The minimum atomic E-state index is -3.67. The van der Waals surface area contributed by atoms with Gasteiger partial charge in [0.15, 0.2) is 5.82 Å². The molecule has 2 aromatic carbocycles. The Morgan fingerprint density at radius 3 is 2.39 bits per heavy atom. The van der Waals surface area contributed by atoms with Crippen LogP contribution < -0.4 is 10.6 Å². The zero-order chi connectivity index (χ0) is 25.9. The molecule has 3 aromatic rings. The summed E-state index contributed by atoms with van der Waals surface area (Å²) in [4.78, 5) is 13.7. The van der Waals surface area contributed by atoms with E-state index in [4.69, 9.17) is 11.6 Å². The lowest BCUT2D eigenvalue weighted by Crippen LogP contribution is -2.43. The molecule has 4 rings (SSSR count). The molecule has 192 valence electrons. The second-order valence-electron chi connectivity index (χ2n) is 9.20. The molecule has 0 aliphatic carbocycles. The van der Waals surface area contributed by atoms with Crippen molar-refractivity contribution in [3.05, 3.63) is 64.8 Å². The second kappa shape index (κ2) is 11.1. The van der Waals surface area contributed by atoms with E-state index in [9.17, 15) is 8.42 Å². The first-order valence-electron chi connectivity index (χ1n) is 11.7. The predicted octanol–water partition coefficient (Wildman–Crippen LogP) is 3.92. The first-order chi connectivity index (χ1) is 17.1. The molecule has 1 fully saturated rings. The average molecular weight is 530 g/mol. The number of piperazine rings is 1. The highest BCUT2D eigenvalue weighted by atomic mass is 35.5. The van der Waals surface area contributed by atoms with Gasteiger partial charge in [0.2, 0.25) is 16.0 Å². The van der Waals surface area contributed by atoms with Crippen LogP contribution in [0.3, 0.4) is 0 Å². The fourth-order valence-electron chi connectivity index (χ4n) is 3.89. The number of likely N-dealkylation sites (N-methyl/N-ethyl adjacent to an activating group) is 1. The fraction of sp³-hybridized carbons (Fsp3) is 0.360. The molecular weight excluding hydrogens is 498 g/mol. The largest absolute Gasteiger partial charge is 0.338 e. The maximum atomic E-state index is 12.8. The van der Waals surface area contributed by atoms with Crippen molar-refractivity contribution in [3.8, 4) is 0 Å². The molecule has 2 N–H and O–H groups in total. The van der Waals surface area contributed by atoms with E-state index in [1.54, 1.807) is 18.2 Å². The molecule has 9 nitrogen and oxygen atoms in total. The Labute approximate surface area is 218 Å². The van der Waals surface area contributed by atoms with Gasteiger partial charge in [0.1, 0.15) is 9.92 Å². The summed E-state index contributed by atoms with van der Waals surface area (Å²) >= 11 is 6.36. The van der Waals surface area contributed by atoms with Gasteiger partial charge < -0.3 is 15.5 Å². The van der Waals surface area contributed by atoms with E-state index in [2.05, 4.69) is 49.6 Å². The van der Waals surface area contributed by atoms with Gasteiger partial charge in [0.25, 0.3) is 0 Å². The van der Waals surface area contributed by atoms with Gasteiger partial charge in [0.05, 0.1) is 11.9 Å². The Morgan fingerprint density at radius 1 is 1.03 bits per heavy atom. The molecule has 0 saturated carbocycles. The molecule has 0 unspecified atom stereocenters. The molecule has 1 aliphatic heterocycles. The molecule has 1 saturated heterocycles. The highest BCUT2D eigenvalue weighted by Gasteiger charge is 2.22. The number of hydrogen-bond acceptors (Lipinski definition) is 8. The summed E-state index contributed by atoms with van der Waals surface area (Å²) in [7, 11) is 1.48. The van der Waals surface area contributed by atoms with Crippen molar-refractivity contribution < 1.29 is 8.42 Å². The Bertz CT molecular complexity index is 1310. The maximum absolute atomic E-state index is 12.8. The SMILES string of the molecule is Cc1ccc(S(=O)(=O)N(C)C)c(Nc2nc(Nc3ccc(CN4CCN(C)CC4)cc3)ncc2Cl)c1. The van der Waals surface area contributed by atoms with Crippen LogP contribution >= 0.6 is 11.6 Å². The van der Waals surface area contributed by atoms with E-state index in [0.717, 1.165) is 44.0 Å². The van der Waals surface area contributed by atoms with Crippen LogP contribution in [0.1, 0.15) is 11.1 Å². The van der Waals surface area contributed by atoms with Gasteiger partial charge in [-0.15, -0.1) is 0 Å². The summed E-state index contributed by atoms with van der Waals surface area (Å²) in [6, 6.07) is 13.3. The summed E-state index contributed by atoms with van der Waals surface area (Å²) in [6.45, 7) is 7.14. The van der Waals surface area contributed by atoms with Crippen LogP contribution in [0.2, 0.25) is 5.02 Å². The topological polar surface area (TPSA) is 93.7 Å². The molecule has 36 heavy (non-hydrogen) atoms. The average Bonchev–Trinajstić information content (AvgIpc) is 2.84. The van der Waals surface area contributed by atoms with E-state index in [0.29, 0.717) is 17.5 Å². The predicted molar refractivity (Wildman–Crippen MR) is 145 cm³/mol. The Kier molecular flexibility index (Phi) is 8.11. The number of anilines is 4. The smallest absolute Gasteiger partial charge is 0.244 e. The number of sulfonamides is 1. The van der Waals surface area contributed by atoms with Crippen LogP contribution in [0.4, 0.5) is 23.1 Å². The van der Waals surface area contributed by atoms with E-state index < -0.39 is 10.0 Å². The van der Waals surface area contributed by atoms with Crippen molar-refractivity contribution in [1.29, 1.82) is 0 Å². The van der Waals surface area contributed by atoms with Gasteiger partial charge in [-0.1, -0.05) is 29.8 Å². The van der Waals surface area contributed by atoms with Crippen molar-refractivity contribution in [2.75, 3.05) is 58.0 Å². The van der Waals surface area contributed by atoms with Crippen molar-refractivity contribution in [2.24, 2.45) is 0 Å². The third kappa shape index (κ3) is 6.32. The fourth-order valence-corrected chi connectivity index (χ4v) is 5.05. The van der Waals surface area contributed by atoms with E-state index in [1.807, 2.05) is 19.1 Å². The third-order valence-electron chi connectivity index (χ3n) is 6.10. The molecule has 0 atom stereocenters. The van der Waals surface area contributed by atoms with Crippen LogP contribution in [-0.2, 0) is 16.6 Å². The van der Waals surface area contributed by atoms with Crippen molar-refractivity contribution in [1.82, 2.24) is 24.1 Å². The second-order valence-corrected chi connectivity index (χ2v) is 11.7. The Hall–Kier alpha value is -2.76. The standard InChI is InChI=1S/C25H32ClN7O2S/c1-18-5-10-23(36(34,35)31(2)3)22(15-18)29-24-21(26)16-27-25(30-24)28-20-8-6-19(7-9-20)17-33-13-11-32(4)12-14-33/h5-10,15-16H,11-14,17H2,1-4H3,(H2,27,28,29,30). The minimum Gasteiger partial charge on any atom is -0.338 e. The number of nitrogens with one attached hydrogen (secondary N) is 2. The zero-order valence-corrected chi connectivity index (χ0v) is 22.6. The van der Waals surface area contributed by atoms with Gasteiger partial charge in [0, 0.05) is 52.5 Å². The van der Waals surface area contributed by atoms with Crippen molar-refractivity contribution >= 4 is 44.8 Å². The van der Waals surface area contributed by atoms with Gasteiger partial charge >= 0.3 is 0 Å². The number of nitrogens with zero attached hydrogens (tertiary/aromatic N) is 5. The highest BCUT2D eigenvalue weighted by molar-refractivity contribution is 7.89. The van der Waals surface area contributed by atoms with Gasteiger partial charge in [-0.25, -0.2) is 17.7 Å². The number of aromatic nitrogens is 2. The lowest BCUT2D eigenvalue weighted by Gasteiger charge is -2.32. The summed E-state index contributed by atoms with van der Waals surface area (Å²) < 4.78 is 26.8. The Balaban J connectivity index is 1.49. The monoisotopic (exact) mass is 529 g/mol. The molecule has 1 aromatic heterocycles. The number of halogens is 1. The molecule has 0 amide bonds. The summed E-state index contributed by atoms with van der Waals surface area (Å²) in [5, 5.41) is 6.57. The van der Waals surface area contributed by atoms with Gasteiger partial charge in [-0.2, -0.15) is 4.98 Å². The molecular formula is C25H32ClN7O2S. The lowest BCUT2D eigenvalue weighted by atomic mass is 10.2. The van der Waals surface area contributed by atoms with Gasteiger partial charge in [-0.05, 0) is 49.4 Å². The number of hydrogen-bond donors (Lipinski definition) is 2. The number of benzene rings is 2. The molecule has 0 radical (unpaired) electrons.